The first-order chi connectivity index (χ1) is 16.0. The van der Waals surface area contributed by atoms with Crippen molar-refractivity contribution in [2.24, 2.45) is 0 Å². The summed E-state index contributed by atoms with van der Waals surface area (Å²) >= 11 is 5.90. The highest BCUT2D eigenvalue weighted by molar-refractivity contribution is 6.30. The summed E-state index contributed by atoms with van der Waals surface area (Å²) in [6.07, 6.45) is 4.38. The summed E-state index contributed by atoms with van der Waals surface area (Å²) in [5.41, 5.74) is 2.71. The molecule has 33 heavy (non-hydrogen) atoms. The first kappa shape index (κ1) is 22.2. The van der Waals surface area contributed by atoms with Gasteiger partial charge in [-0.2, -0.15) is 9.78 Å². The average Bonchev–Trinajstić information content (AvgIpc) is 3.22. The van der Waals surface area contributed by atoms with Crippen LogP contribution in [0.2, 0.25) is 5.02 Å². The van der Waals surface area contributed by atoms with Crippen LogP contribution in [0.3, 0.4) is 0 Å². The summed E-state index contributed by atoms with van der Waals surface area (Å²) < 4.78 is 6.57. The molecular formula is C25H21ClN4O3. The molecule has 1 amide bonds. The number of amides is 1. The molecule has 2 heterocycles. The van der Waals surface area contributed by atoms with E-state index in [1.165, 1.54) is 17.0 Å². The zero-order valence-corrected chi connectivity index (χ0v) is 18.8. The fourth-order valence-corrected chi connectivity index (χ4v) is 3.47. The molecule has 0 aliphatic heterocycles. The quantitative estimate of drug-likeness (QED) is 0.315. The molecule has 1 N–H and O–H groups in total. The number of halogens is 1. The zero-order chi connectivity index (χ0) is 23.4. The Morgan fingerprint density at radius 3 is 2.67 bits per heavy atom. The highest BCUT2D eigenvalue weighted by atomic mass is 35.5. The monoisotopic (exact) mass is 460 g/mol. The number of para-hydroxylation sites is 1. The molecule has 0 spiro atoms. The van der Waals surface area contributed by atoms with E-state index < -0.39 is 11.9 Å². The Balaban J connectivity index is 1.71. The third kappa shape index (κ3) is 4.94. The Labute approximate surface area is 195 Å². The second-order valence-corrected chi connectivity index (χ2v) is 7.66. The summed E-state index contributed by atoms with van der Waals surface area (Å²) in [7, 11) is 0. The number of carbonyl (C=O) groups is 2. The molecule has 0 bridgehead atoms. The molecule has 166 valence electrons. The van der Waals surface area contributed by atoms with E-state index in [-0.39, 0.29) is 18.0 Å². The number of nitrogens with one attached hydrogen (secondary N) is 1. The third-order valence-electron chi connectivity index (χ3n) is 4.93. The average molecular weight is 461 g/mol. The van der Waals surface area contributed by atoms with Crippen molar-refractivity contribution < 1.29 is 14.3 Å². The number of benzene rings is 2. The molecule has 0 fully saturated rings. The molecule has 7 nitrogen and oxygen atoms in total. The van der Waals surface area contributed by atoms with Gasteiger partial charge in [-0.25, -0.2) is 9.78 Å². The van der Waals surface area contributed by atoms with Crippen LogP contribution in [-0.4, -0.2) is 33.2 Å². The molecule has 0 aliphatic rings. The maximum atomic E-state index is 12.7. The topological polar surface area (TPSA) is 86.1 Å². The van der Waals surface area contributed by atoms with Crippen LogP contribution in [0.4, 0.5) is 5.82 Å². The number of aromatic nitrogens is 3. The van der Waals surface area contributed by atoms with Crippen LogP contribution in [0.5, 0.6) is 0 Å². The molecule has 2 aromatic heterocycles. The number of hydrogen-bond donors (Lipinski definition) is 1. The minimum atomic E-state index is -0.585. The molecule has 4 rings (SSSR count). The van der Waals surface area contributed by atoms with Crippen molar-refractivity contribution >= 4 is 46.3 Å². The van der Waals surface area contributed by atoms with Crippen LogP contribution < -0.4 is 5.32 Å². The number of fused-ring (bicyclic) bond motifs is 1. The minimum Gasteiger partial charge on any atom is -0.462 e. The van der Waals surface area contributed by atoms with Crippen LogP contribution in [0, 0.1) is 6.92 Å². The highest BCUT2D eigenvalue weighted by Crippen LogP contribution is 2.24. The molecule has 0 radical (unpaired) electrons. The lowest BCUT2D eigenvalue weighted by Gasteiger charge is -2.11. The van der Waals surface area contributed by atoms with E-state index in [9.17, 15) is 9.59 Å². The van der Waals surface area contributed by atoms with E-state index >= 15 is 0 Å². The predicted octanol–water partition coefficient (Wildman–Crippen LogP) is 5.21. The van der Waals surface area contributed by atoms with E-state index in [1.54, 1.807) is 37.3 Å². The molecular weight excluding hydrogens is 440 g/mol. The Morgan fingerprint density at radius 2 is 1.91 bits per heavy atom. The van der Waals surface area contributed by atoms with Gasteiger partial charge in [-0.3, -0.25) is 4.79 Å². The SMILES string of the molecule is CCOC(=O)c1cnn(-c2cc(C)c3ccccc3n2)c1NC(=O)/C=C/c1ccc(Cl)cc1. The fraction of sp³-hybridized carbons (Fsp3) is 0.120. The van der Waals surface area contributed by atoms with Crippen LogP contribution >= 0.6 is 11.6 Å². The summed E-state index contributed by atoms with van der Waals surface area (Å²) in [6.45, 7) is 3.88. The Bertz CT molecular complexity index is 1360. The predicted molar refractivity (Wildman–Crippen MR) is 129 cm³/mol. The number of aryl methyl sites for hydroxylation is 1. The lowest BCUT2D eigenvalue weighted by molar-refractivity contribution is -0.111. The van der Waals surface area contributed by atoms with Crippen LogP contribution in [0.1, 0.15) is 28.4 Å². The number of hydrogen-bond acceptors (Lipinski definition) is 5. The highest BCUT2D eigenvalue weighted by Gasteiger charge is 2.22. The molecule has 4 aromatic rings. The van der Waals surface area contributed by atoms with Gasteiger partial charge in [0.25, 0.3) is 0 Å². The largest absolute Gasteiger partial charge is 0.462 e. The van der Waals surface area contributed by atoms with Gasteiger partial charge in [0, 0.05) is 16.5 Å². The first-order valence-corrected chi connectivity index (χ1v) is 10.7. The van der Waals surface area contributed by atoms with Gasteiger partial charge in [0.2, 0.25) is 5.91 Å². The van der Waals surface area contributed by atoms with Crippen molar-refractivity contribution in [2.45, 2.75) is 13.8 Å². The summed E-state index contributed by atoms with van der Waals surface area (Å²) in [4.78, 5) is 29.9. The van der Waals surface area contributed by atoms with E-state index in [1.807, 2.05) is 37.3 Å². The Kier molecular flexibility index (Phi) is 6.51. The zero-order valence-electron chi connectivity index (χ0n) is 18.1. The Hall–Kier alpha value is -3.97. The van der Waals surface area contributed by atoms with E-state index in [0.29, 0.717) is 10.8 Å². The smallest absolute Gasteiger partial charge is 0.343 e. The van der Waals surface area contributed by atoms with Crippen molar-refractivity contribution in [1.82, 2.24) is 14.8 Å². The third-order valence-corrected chi connectivity index (χ3v) is 5.18. The number of carbonyl (C=O) groups excluding carboxylic acids is 2. The maximum absolute atomic E-state index is 12.7. The molecule has 0 saturated heterocycles. The number of esters is 1. The van der Waals surface area contributed by atoms with E-state index in [4.69, 9.17) is 16.3 Å². The number of rotatable bonds is 6. The molecule has 0 aliphatic carbocycles. The second-order valence-electron chi connectivity index (χ2n) is 7.23. The van der Waals surface area contributed by atoms with Crippen molar-refractivity contribution in [1.29, 1.82) is 0 Å². The lowest BCUT2D eigenvalue weighted by atomic mass is 10.1. The van der Waals surface area contributed by atoms with Crippen molar-refractivity contribution in [2.75, 3.05) is 11.9 Å². The number of ether oxygens (including phenoxy) is 1. The van der Waals surface area contributed by atoms with Gasteiger partial charge in [0.05, 0.1) is 18.3 Å². The van der Waals surface area contributed by atoms with Crippen LogP contribution in [0.25, 0.3) is 22.8 Å². The minimum absolute atomic E-state index is 0.137. The lowest BCUT2D eigenvalue weighted by Crippen LogP contribution is -2.16. The van der Waals surface area contributed by atoms with E-state index in [2.05, 4.69) is 15.4 Å². The number of anilines is 1. The Morgan fingerprint density at radius 1 is 1.15 bits per heavy atom. The molecule has 8 heteroatoms. The van der Waals surface area contributed by atoms with Gasteiger partial charge in [-0.15, -0.1) is 0 Å². The van der Waals surface area contributed by atoms with Gasteiger partial charge >= 0.3 is 5.97 Å². The molecule has 0 atom stereocenters. The molecule has 2 aromatic carbocycles. The van der Waals surface area contributed by atoms with Gasteiger partial charge in [-0.05, 0) is 55.3 Å². The molecule has 0 unspecified atom stereocenters. The summed E-state index contributed by atoms with van der Waals surface area (Å²) in [6, 6.07) is 16.6. The van der Waals surface area contributed by atoms with Crippen LogP contribution in [-0.2, 0) is 9.53 Å². The summed E-state index contributed by atoms with van der Waals surface area (Å²) in [5, 5.41) is 8.69. The van der Waals surface area contributed by atoms with Crippen molar-refractivity contribution in [3.63, 3.8) is 0 Å². The van der Waals surface area contributed by atoms with Gasteiger partial charge < -0.3 is 10.1 Å². The normalized spacial score (nSPS) is 11.1. The standard InChI is InChI=1S/C25H21ClN4O3/c1-3-33-25(32)20-15-27-30(22-14-16(2)19-6-4-5-7-21(19)28-22)24(20)29-23(31)13-10-17-8-11-18(26)12-9-17/h4-15H,3H2,1-2H3,(H,29,31)/b13-10+. The van der Waals surface area contributed by atoms with E-state index in [0.717, 1.165) is 22.0 Å². The second kappa shape index (κ2) is 9.67. The van der Waals surface area contributed by atoms with Gasteiger partial charge in [0.1, 0.15) is 5.56 Å². The molecule has 0 saturated carbocycles. The van der Waals surface area contributed by atoms with Crippen LogP contribution in [0.15, 0.2) is 66.9 Å². The van der Waals surface area contributed by atoms with Gasteiger partial charge in [0.15, 0.2) is 11.6 Å². The van der Waals surface area contributed by atoms with Gasteiger partial charge in [-0.1, -0.05) is 41.9 Å². The van der Waals surface area contributed by atoms with Crippen molar-refractivity contribution in [3.8, 4) is 5.82 Å². The van der Waals surface area contributed by atoms with Crippen molar-refractivity contribution in [3.05, 3.63) is 88.6 Å². The number of pyridine rings is 1. The fourth-order valence-electron chi connectivity index (χ4n) is 3.35. The first-order valence-electron chi connectivity index (χ1n) is 10.3. The maximum Gasteiger partial charge on any atom is 0.343 e. The number of nitrogens with zero attached hydrogens (tertiary/aromatic N) is 3. The summed E-state index contributed by atoms with van der Waals surface area (Å²) in [5.74, 6) is -0.367.